The maximum absolute atomic E-state index is 4.81. The fraction of sp³-hybridized carbons (Fsp3) is 0.545. The van der Waals surface area contributed by atoms with E-state index < -0.39 is 0 Å². The van der Waals surface area contributed by atoms with Crippen molar-refractivity contribution in [2.75, 3.05) is 47.0 Å². The summed E-state index contributed by atoms with van der Waals surface area (Å²) in [7, 11) is 0. The van der Waals surface area contributed by atoms with Crippen molar-refractivity contribution in [3.05, 3.63) is 30.5 Å². The molecule has 4 N–H and O–H groups in total. The predicted molar refractivity (Wildman–Crippen MR) is 119 cm³/mol. The number of hydrogen-bond acceptors (Lipinski definition) is 7. The minimum Gasteiger partial charge on any atom is -0.378 e. The number of nitrogens with one attached hydrogen (secondary N) is 4. The molecule has 5 rings (SSSR count). The van der Waals surface area contributed by atoms with Crippen LogP contribution in [-0.4, -0.2) is 48.2 Å². The Morgan fingerprint density at radius 1 is 0.897 bits per heavy atom. The zero-order valence-electron chi connectivity index (χ0n) is 17.0. The maximum Gasteiger partial charge on any atom is 0.229 e. The van der Waals surface area contributed by atoms with Crippen LogP contribution in [0.2, 0.25) is 0 Å². The summed E-state index contributed by atoms with van der Waals surface area (Å²) in [6.45, 7) is 4.21. The Kier molecular flexibility index (Phi) is 5.39. The second-order valence-electron chi connectivity index (χ2n) is 8.41. The summed E-state index contributed by atoms with van der Waals surface area (Å²) in [5.74, 6) is 1.57. The van der Waals surface area contributed by atoms with Gasteiger partial charge in [0, 0.05) is 49.6 Å². The van der Waals surface area contributed by atoms with Gasteiger partial charge in [0.15, 0.2) is 5.82 Å². The van der Waals surface area contributed by atoms with E-state index in [9.17, 15) is 0 Å². The van der Waals surface area contributed by atoms with E-state index in [2.05, 4.69) is 55.4 Å². The molecule has 1 aliphatic heterocycles. The summed E-state index contributed by atoms with van der Waals surface area (Å²) < 4.78 is 0. The third-order valence-corrected chi connectivity index (χ3v) is 6.03. The quantitative estimate of drug-likeness (QED) is 0.573. The van der Waals surface area contributed by atoms with Crippen molar-refractivity contribution in [3.8, 4) is 0 Å². The van der Waals surface area contributed by atoms with Gasteiger partial charge < -0.3 is 26.2 Å². The smallest absolute Gasteiger partial charge is 0.229 e. The van der Waals surface area contributed by atoms with Crippen molar-refractivity contribution >= 4 is 28.8 Å². The summed E-state index contributed by atoms with van der Waals surface area (Å²) in [4.78, 5) is 11.8. The molecule has 0 bridgehead atoms. The fourth-order valence-electron chi connectivity index (χ4n) is 4.18. The first kappa shape index (κ1) is 18.5. The van der Waals surface area contributed by atoms with E-state index >= 15 is 0 Å². The molecule has 7 heteroatoms. The Labute approximate surface area is 172 Å². The molecule has 1 saturated heterocycles. The summed E-state index contributed by atoms with van der Waals surface area (Å²) in [6.07, 6.45) is 9.45. The summed E-state index contributed by atoms with van der Waals surface area (Å²) in [6, 6.07) is 9.68. The average molecular weight is 394 g/mol. The molecule has 154 valence electrons. The molecule has 0 atom stereocenters. The molecule has 29 heavy (non-hydrogen) atoms. The molecule has 1 aromatic heterocycles. The van der Waals surface area contributed by atoms with Gasteiger partial charge in [-0.2, -0.15) is 4.98 Å². The number of benzene rings is 1. The van der Waals surface area contributed by atoms with Gasteiger partial charge in [-0.05, 0) is 49.9 Å². The van der Waals surface area contributed by atoms with Crippen LogP contribution >= 0.6 is 0 Å². The highest BCUT2D eigenvalue weighted by atomic mass is 15.2. The standard InChI is InChI=1S/C22H31N7/c1-2-4-16(3-1)26-21-20(25-17-5-6-17)15-24-22(28-21)27-18-7-9-19(10-8-18)29-13-11-23-12-14-29/h7-10,15-17,23,25H,1-6,11-14H2,(H2,24,26,27,28). The number of anilines is 5. The van der Waals surface area contributed by atoms with Crippen molar-refractivity contribution in [2.24, 2.45) is 0 Å². The molecule has 2 aliphatic carbocycles. The van der Waals surface area contributed by atoms with E-state index in [1.807, 2.05) is 6.20 Å². The monoisotopic (exact) mass is 393 g/mol. The van der Waals surface area contributed by atoms with E-state index in [-0.39, 0.29) is 0 Å². The Hall–Kier alpha value is -2.54. The van der Waals surface area contributed by atoms with Crippen LogP contribution in [0.3, 0.4) is 0 Å². The zero-order chi connectivity index (χ0) is 19.5. The third-order valence-electron chi connectivity index (χ3n) is 6.03. The van der Waals surface area contributed by atoms with Gasteiger partial charge >= 0.3 is 0 Å². The Morgan fingerprint density at radius 2 is 1.62 bits per heavy atom. The molecular weight excluding hydrogens is 362 g/mol. The first-order valence-electron chi connectivity index (χ1n) is 11.1. The number of nitrogens with zero attached hydrogens (tertiary/aromatic N) is 3. The van der Waals surface area contributed by atoms with Crippen LogP contribution in [0.25, 0.3) is 0 Å². The first-order valence-corrected chi connectivity index (χ1v) is 11.1. The zero-order valence-corrected chi connectivity index (χ0v) is 17.0. The molecule has 3 fully saturated rings. The largest absolute Gasteiger partial charge is 0.378 e. The van der Waals surface area contributed by atoms with E-state index in [1.165, 1.54) is 44.2 Å². The van der Waals surface area contributed by atoms with Crippen molar-refractivity contribution in [1.82, 2.24) is 15.3 Å². The van der Waals surface area contributed by atoms with Crippen molar-refractivity contribution in [3.63, 3.8) is 0 Å². The molecular formula is C22H31N7. The molecule has 2 aromatic rings. The molecule has 0 amide bonds. The van der Waals surface area contributed by atoms with Gasteiger partial charge in [-0.25, -0.2) is 4.98 Å². The minimum atomic E-state index is 0.524. The molecule has 7 nitrogen and oxygen atoms in total. The Bertz CT molecular complexity index is 806. The predicted octanol–water partition coefficient (Wildman–Crippen LogP) is 3.56. The van der Waals surface area contributed by atoms with Gasteiger partial charge in [0.25, 0.3) is 0 Å². The average Bonchev–Trinajstić information content (AvgIpc) is 3.43. The lowest BCUT2D eigenvalue weighted by Crippen LogP contribution is -2.43. The summed E-state index contributed by atoms with van der Waals surface area (Å²) in [5.41, 5.74) is 3.31. The van der Waals surface area contributed by atoms with Crippen molar-refractivity contribution in [2.45, 2.75) is 50.6 Å². The lowest BCUT2D eigenvalue weighted by molar-refractivity contribution is 0.589. The lowest BCUT2D eigenvalue weighted by Gasteiger charge is -2.29. The summed E-state index contributed by atoms with van der Waals surface area (Å²) in [5, 5.41) is 14.0. The Morgan fingerprint density at radius 3 is 2.34 bits per heavy atom. The second kappa shape index (κ2) is 8.45. The maximum atomic E-state index is 4.81. The minimum absolute atomic E-state index is 0.524. The highest BCUT2D eigenvalue weighted by molar-refractivity contribution is 5.68. The number of piperazine rings is 1. The van der Waals surface area contributed by atoms with E-state index in [4.69, 9.17) is 4.98 Å². The molecule has 0 radical (unpaired) electrons. The number of hydrogen-bond donors (Lipinski definition) is 4. The van der Waals surface area contributed by atoms with Crippen LogP contribution in [0, 0.1) is 0 Å². The van der Waals surface area contributed by atoms with Crippen molar-refractivity contribution in [1.29, 1.82) is 0 Å². The Balaban J connectivity index is 1.29. The van der Waals surface area contributed by atoms with Crippen LogP contribution in [0.4, 0.5) is 28.8 Å². The van der Waals surface area contributed by atoms with Gasteiger partial charge in [0.05, 0.1) is 11.9 Å². The molecule has 1 aromatic carbocycles. The first-order chi connectivity index (χ1) is 14.3. The van der Waals surface area contributed by atoms with E-state index in [0.29, 0.717) is 18.0 Å². The second-order valence-corrected chi connectivity index (χ2v) is 8.41. The summed E-state index contributed by atoms with van der Waals surface area (Å²) >= 11 is 0. The van der Waals surface area contributed by atoms with Crippen LogP contribution in [0.15, 0.2) is 30.5 Å². The number of rotatable bonds is 7. The third kappa shape index (κ3) is 4.72. The number of aromatic nitrogens is 2. The van der Waals surface area contributed by atoms with Gasteiger partial charge in [0.2, 0.25) is 5.95 Å². The van der Waals surface area contributed by atoms with Crippen LogP contribution in [0.1, 0.15) is 38.5 Å². The van der Waals surface area contributed by atoms with Gasteiger partial charge in [-0.3, -0.25) is 0 Å². The van der Waals surface area contributed by atoms with Crippen LogP contribution in [-0.2, 0) is 0 Å². The lowest BCUT2D eigenvalue weighted by atomic mass is 10.2. The molecule has 3 aliphatic rings. The van der Waals surface area contributed by atoms with Gasteiger partial charge in [-0.1, -0.05) is 12.8 Å². The van der Waals surface area contributed by atoms with Crippen LogP contribution in [0.5, 0.6) is 0 Å². The molecule has 2 saturated carbocycles. The van der Waals surface area contributed by atoms with Crippen molar-refractivity contribution < 1.29 is 0 Å². The van der Waals surface area contributed by atoms with Gasteiger partial charge in [0.1, 0.15) is 0 Å². The topological polar surface area (TPSA) is 77.1 Å². The molecule has 0 spiro atoms. The van der Waals surface area contributed by atoms with Crippen LogP contribution < -0.4 is 26.2 Å². The molecule has 2 heterocycles. The van der Waals surface area contributed by atoms with E-state index in [1.54, 1.807) is 0 Å². The highest BCUT2D eigenvalue weighted by Gasteiger charge is 2.24. The highest BCUT2D eigenvalue weighted by Crippen LogP contribution is 2.31. The normalized spacial score (nSPS) is 19.9. The molecule has 0 unspecified atom stereocenters. The SMILES string of the molecule is c1cc(N2CCNCC2)ccc1Nc1ncc(NC2CC2)c(NC2CCCC2)n1. The fourth-order valence-corrected chi connectivity index (χ4v) is 4.18. The van der Waals surface area contributed by atoms with Gasteiger partial charge in [-0.15, -0.1) is 0 Å². The van der Waals surface area contributed by atoms with E-state index in [0.717, 1.165) is 43.4 Å².